The summed E-state index contributed by atoms with van der Waals surface area (Å²) in [5.41, 5.74) is 6.46. The summed E-state index contributed by atoms with van der Waals surface area (Å²) in [6.45, 7) is 5.44. The standard InChI is InChI=1S/C26H27N5O4/c1-4-30-19-14-18(12-13-26(2,3)34)10-11-21(19)35-16-20(25(30)33)31-22(28-24(29-31)23(27)32)15-17-8-6-5-7-9-17/h5-11,14,20,34H,4,15-16H2,1-3H3,(H2,27,32)/t20-/m0/s1. The molecule has 0 radical (unpaired) electrons. The fourth-order valence-corrected chi connectivity index (χ4v) is 3.80. The van der Waals surface area contributed by atoms with E-state index in [-0.39, 0.29) is 18.3 Å². The van der Waals surface area contributed by atoms with Gasteiger partial charge < -0.3 is 20.5 Å². The molecule has 1 aliphatic rings. The van der Waals surface area contributed by atoms with Gasteiger partial charge in [0, 0.05) is 18.5 Å². The van der Waals surface area contributed by atoms with Crippen molar-refractivity contribution in [3.63, 3.8) is 0 Å². The van der Waals surface area contributed by atoms with Crippen LogP contribution in [0.25, 0.3) is 0 Å². The number of ether oxygens (including phenoxy) is 1. The van der Waals surface area contributed by atoms with Gasteiger partial charge in [0.2, 0.25) is 5.82 Å². The van der Waals surface area contributed by atoms with Crippen LogP contribution in [0.1, 0.15) is 54.4 Å². The van der Waals surface area contributed by atoms with E-state index in [9.17, 15) is 14.7 Å². The Morgan fingerprint density at radius 1 is 1.26 bits per heavy atom. The van der Waals surface area contributed by atoms with Crippen molar-refractivity contribution in [2.45, 2.75) is 38.8 Å². The molecular weight excluding hydrogens is 446 g/mol. The molecule has 0 spiro atoms. The summed E-state index contributed by atoms with van der Waals surface area (Å²) >= 11 is 0. The van der Waals surface area contributed by atoms with Gasteiger partial charge >= 0.3 is 0 Å². The van der Waals surface area contributed by atoms with Crippen molar-refractivity contribution < 1.29 is 19.4 Å². The number of fused-ring (bicyclic) bond motifs is 1. The summed E-state index contributed by atoms with van der Waals surface area (Å²) < 4.78 is 7.47. The Kier molecular flexibility index (Phi) is 6.58. The number of hydrogen-bond acceptors (Lipinski definition) is 6. The van der Waals surface area contributed by atoms with Crippen molar-refractivity contribution in [1.29, 1.82) is 0 Å². The van der Waals surface area contributed by atoms with Gasteiger partial charge in [0.1, 0.15) is 23.8 Å². The van der Waals surface area contributed by atoms with E-state index < -0.39 is 17.6 Å². The van der Waals surface area contributed by atoms with E-state index in [1.54, 1.807) is 36.9 Å². The Bertz CT molecular complexity index is 1310. The molecular formula is C26H27N5O4. The molecule has 4 rings (SSSR count). The maximum Gasteiger partial charge on any atom is 0.288 e. The van der Waals surface area contributed by atoms with Crippen LogP contribution in [0.2, 0.25) is 0 Å². The van der Waals surface area contributed by atoms with Gasteiger partial charge in [-0.05, 0) is 44.5 Å². The number of carbonyl (C=O) groups is 2. The number of amides is 2. The van der Waals surface area contributed by atoms with Crippen molar-refractivity contribution in [2.75, 3.05) is 18.1 Å². The van der Waals surface area contributed by atoms with Crippen LogP contribution in [0.4, 0.5) is 5.69 Å². The highest BCUT2D eigenvalue weighted by atomic mass is 16.5. The average Bonchev–Trinajstić information content (AvgIpc) is 3.17. The fourth-order valence-electron chi connectivity index (χ4n) is 3.80. The summed E-state index contributed by atoms with van der Waals surface area (Å²) in [4.78, 5) is 31.5. The van der Waals surface area contributed by atoms with Crippen LogP contribution in [0.15, 0.2) is 48.5 Å². The van der Waals surface area contributed by atoms with Gasteiger partial charge in [-0.3, -0.25) is 9.59 Å². The molecule has 2 heterocycles. The third kappa shape index (κ3) is 5.34. The first-order chi connectivity index (χ1) is 16.7. The number of likely N-dealkylation sites (N-methyl/N-ethyl adjacent to an activating group) is 1. The molecule has 3 aromatic rings. The molecule has 0 saturated carbocycles. The third-order valence-electron chi connectivity index (χ3n) is 5.45. The number of primary amides is 1. The number of aromatic nitrogens is 3. The highest BCUT2D eigenvalue weighted by Gasteiger charge is 2.35. The monoisotopic (exact) mass is 473 g/mol. The van der Waals surface area contributed by atoms with E-state index in [0.29, 0.717) is 35.8 Å². The Balaban J connectivity index is 1.72. The molecule has 1 aliphatic heterocycles. The third-order valence-corrected chi connectivity index (χ3v) is 5.45. The van der Waals surface area contributed by atoms with Gasteiger partial charge in [0.25, 0.3) is 11.8 Å². The van der Waals surface area contributed by atoms with Crippen LogP contribution in [0.3, 0.4) is 0 Å². The van der Waals surface area contributed by atoms with Gasteiger partial charge in [-0.2, -0.15) is 0 Å². The van der Waals surface area contributed by atoms with Crippen LogP contribution in [0, 0.1) is 11.8 Å². The number of rotatable bonds is 5. The lowest BCUT2D eigenvalue weighted by molar-refractivity contribution is -0.122. The highest BCUT2D eigenvalue weighted by molar-refractivity contribution is 5.98. The minimum atomic E-state index is -1.14. The molecule has 9 heteroatoms. The lowest BCUT2D eigenvalue weighted by Gasteiger charge is -2.23. The largest absolute Gasteiger partial charge is 0.489 e. The first kappa shape index (κ1) is 24.0. The van der Waals surface area contributed by atoms with E-state index in [4.69, 9.17) is 10.5 Å². The van der Waals surface area contributed by atoms with Crippen molar-refractivity contribution in [3.05, 3.63) is 71.3 Å². The summed E-state index contributed by atoms with van der Waals surface area (Å²) in [6, 6.07) is 14.0. The fraction of sp³-hybridized carbons (Fsp3) is 0.308. The van der Waals surface area contributed by atoms with Crippen LogP contribution >= 0.6 is 0 Å². The molecule has 0 aliphatic carbocycles. The zero-order valence-corrected chi connectivity index (χ0v) is 19.9. The van der Waals surface area contributed by atoms with E-state index in [1.807, 2.05) is 37.3 Å². The quantitative estimate of drug-likeness (QED) is 0.547. The predicted molar refractivity (Wildman–Crippen MR) is 130 cm³/mol. The van der Waals surface area contributed by atoms with Gasteiger partial charge in [-0.1, -0.05) is 42.2 Å². The maximum atomic E-state index is 13.7. The molecule has 0 fully saturated rings. The highest BCUT2D eigenvalue weighted by Crippen LogP contribution is 2.35. The Labute approximate surface area is 203 Å². The van der Waals surface area contributed by atoms with Crippen LogP contribution < -0.4 is 15.4 Å². The second kappa shape index (κ2) is 9.60. The van der Waals surface area contributed by atoms with Gasteiger partial charge in [0.05, 0.1) is 5.69 Å². The Hall–Kier alpha value is -4.16. The molecule has 3 N–H and O–H groups in total. The summed E-state index contributed by atoms with van der Waals surface area (Å²) in [6.07, 6.45) is 0.362. The summed E-state index contributed by atoms with van der Waals surface area (Å²) in [5.74, 6) is 5.49. The zero-order valence-electron chi connectivity index (χ0n) is 19.9. The number of nitrogens with two attached hydrogens (primary N) is 1. The van der Waals surface area contributed by atoms with Gasteiger partial charge in [-0.25, -0.2) is 9.67 Å². The minimum Gasteiger partial charge on any atom is -0.489 e. The topological polar surface area (TPSA) is 124 Å². The van der Waals surface area contributed by atoms with Crippen LogP contribution in [-0.2, 0) is 11.2 Å². The van der Waals surface area contributed by atoms with Crippen LogP contribution in [-0.4, -0.2) is 50.4 Å². The Morgan fingerprint density at radius 2 is 2.00 bits per heavy atom. The lowest BCUT2D eigenvalue weighted by Crippen LogP contribution is -2.39. The molecule has 2 amide bonds. The molecule has 1 aromatic heterocycles. The number of benzene rings is 2. The van der Waals surface area contributed by atoms with Gasteiger partial charge in [0.15, 0.2) is 6.04 Å². The molecule has 0 bridgehead atoms. The average molecular weight is 474 g/mol. The number of carbonyl (C=O) groups excluding carboxylic acids is 2. The SMILES string of the molecule is CCN1C(=O)[C@@H](n2nc(C(N)=O)nc2Cc2ccccc2)COc2ccc(C#CC(C)(C)O)cc21. The lowest BCUT2D eigenvalue weighted by atomic mass is 10.1. The molecule has 9 nitrogen and oxygen atoms in total. The van der Waals surface area contributed by atoms with E-state index >= 15 is 0 Å². The minimum absolute atomic E-state index is 0.000378. The normalized spacial score (nSPS) is 15.5. The predicted octanol–water partition coefficient (Wildman–Crippen LogP) is 2.08. The number of aliphatic hydroxyl groups is 1. The molecule has 0 saturated heterocycles. The van der Waals surface area contributed by atoms with Crippen molar-refractivity contribution >= 4 is 17.5 Å². The number of anilines is 1. The van der Waals surface area contributed by atoms with Crippen molar-refractivity contribution in [2.24, 2.45) is 5.73 Å². The summed E-state index contributed by atoms with van der Waals surface area (Å²) in [5, 5.41) is 14.2. The molecule has 180 valence electrons. The Morgan fingerprint density at radius 3 is 2.66 bits per heavy atom. The second-order valence-electron chi connectivity index (χ2n) is 8.72. The van der Waals surface area contributed by atoms with E-state index in [1.165, 1.54) is 4.68 Å². The van der Waals surface area contributed by atoms with Crippen molar-refractivity contribution in [1.82, 2.24) is 14.8 Å². The van der Waals surface area contributed by atoms with E-state index in [2.05, 4.69) is 21.9 Å². The molecule has 35 heavy (non-hydrogen) atoms. The summed E-state index contributed by atoms with van der Waals surface area (Å²) in [7, 11) is 0. The molecule has 0 unspecified atom stereocenters. The number of hydrogen-bond donors (Lipinski definition) is 2. The van der Waals surface area contributed by atoms with Gasteiger partial charge in [-0.15, -0.1) is 5.10 Å². The smallest absolute Gasteiger partial charge is 0.288 e. The molecule has 1 atom stereocenters. The number of nitrogens with zero attached hydrogens (tertiary/aromatic N) is 4. The van der Waals surface area contributed by atoms with E-state index in [0.717, 1.165) is 5.56 Å². The maximum absolute atomic E-state index is 13.7. The van der Waals surface area contributed by atoms with Crippen LogP contribution in [0.5, 0.6) is 5.75 Å². The molecule has 2 aromatic carbocycles. The van der Waals surface area contributed by atoms with Crippen molar-refractivity contribution in [3.8, 4) is 17.6 Å². The first-order valence-corrected chi connectivity index (χ1v) is 11.3. The first-order valence-electron chi connectivity index (χ1n) is 11.3. The second-order valence-corrected chi connectivity index (χ2v) is 8.72. The zero-order chi connectivity index (χ0) is 25.2.